The minimum Gasteiger partial charge on any atom is -0.465 e. The van der Waals surface area contributed by atoms with Crippen LogP contribution in [-0.4, -0.2) is 37.4 Å². The monoisotopic (exact) mass is 213 g/mol. The number of nitrogens with one attached hydrogen (secondary N) is 1. The number of amides is 1. The standard InChI is InChI=1S/C9H15N3O3/c1-2-15-9(14)6(7(10)13)8-11-4-3-5-12-8/h6H,2-5H2,1H3,(H2,10,13)(H,11,12). The van der Waals surface area contributed by atoms with Crippen LogP contribution in [0.3, 0.4) is 0 Å². The predicted molar refractivity (Wildman–Crippen MR) is 54.2 cm³/mol. The molecule has 6 nitrogen and oxygen atoms in total. The molecule has 0 spiro atoms. The van der Waals surface area contributed by atoms with Crippen LogP contribution in [0.15, 0.2) is 4.99 Å². The lowest BCUT2D eigenvalue weighted by atomic mass is 10.1. The molecule has 15 heavy (non-hydrogen) atoms. The van der Waals surface area contributed by atoms with Crippen molar-refractivity contribution < 1.29 is 14.3 Å². The Kier molecular flexibility index (Phi) is 4.08. The first kappa shape index (κ1) is 11.5. The number of hydrogen-bond donors (Lipinski definition) is 2. The summed E-state index contributed by atoms with van der Waals surface area (Å²) in [7, 11) is 0. The largest absolute Gasteiger partial charge is 0.465 e. The molecule has 1 aliphatic heterocycles. The highest BCUT2D eigenvalue weighted by Crippen LogP contribution is 2.05. The van der Waals surface area contributed by atoms with E-state index in [9.17, 15) is 9.59 Å². The third-order valence-electron chi connectivity index (χ3n) is 2.00. The molecule has 1 atom stereocenters. The predicted octanol–water partition coefficient (Wildman–Crippen LogP) is -0.957. The zero-order chi connectivity index (χ0) is 11.3. The molecule has 0 saturated carbocycles. The van der Waals surface area contributed by atoms with Crippen LogP contribution >= 0.6 is 0 Å². The van der Waals surface area contributed by atoms with Gasteiger partial charge in [-0.15, -0.1) is 0 Å². The lowest BCUT2D eigenvalue weighted by molar-refractivity contribution is -0.148. The number of hydrogen-bond acceptors (Lipinski definition) is 5. The Hall–Kier alpha value is -1.59. The maximum Gasteiger partial charge on any atom is 0.326 e. The van der Waals surface area contributed by atoms with Crippen LogP contribution in [0.25, 0.3) is 0 Å². The molecule has 3 N–H and O–H groups in total. The van der Waals surface area contributed by atoms with Gasteiger partial charge >= 0.3 is 5.97 Å². The topological polar surface area (TPSA) is 93.8 Å². The van der Waals surface area contributed by atoms with E-state index < -0.39 is 17.8 Å². The Morgan fingerprint density at radius 2 is 2.40 bits per heavy atom. The van der Waals surface area contributed by atoms with E-state index in [1.165, 1.54) is 0 Å². The first-order valence-corrected chi connectivity index (χ1v) is 4.91. The van der Waals surface area contributed by atoms with Gasteiger partial charge in [-0.1, -0.05) is 0 Å². The number of carbonyl (C=O) groups excluding carboxylic acids is 2. The number of esters is 1. The maximum absolute atomic E-state index is 11.4. The van der Waals surface area contributed by atoms with Crippen molar-refractivity contribution in [1.82, 2.24) is 5.32 Å². The molecule has 0 bridgehead atoms. The van der Waals surface area contributed by atoms with Crippen molar-refractivity contribution in [1.29, 1.82) is 0 Å². The van der Waals surface area contributed by atoms with E-state index in [4.69, 9.17) is 10.5 Å². The van der Waals surface area contributed by atoms with E-state index in [0.29, 0.717) is 18.9 Å². The number of rotatable bonds is 4. The second kappa shape index (κ2) is 5.33. The van der Waals surface area contributed by atoms with Crippen LogP contribution in [0.2, 0.25) is 0 Å². The van der Waals surface area contributed by atoms with Gasteiger partial charge in [-0.2, -0.15) is 0 Å². The van der Waals surface area contributed by atoms with E-state index in [0.717, 1.165) is 6.42 Å². The van der Waals surface area contributed by atoms with Gasteiger partial charge in [0.2, 0.25) is 5.91 Å². The number of aliphatic imine (C=N–C) groups is 1. The average molecular weight is 213 g/mol. The molecule has 1 heterocycles. The third kappa shape index (κ3) is 2.93. The maximum atomic E-state index is 11.4. The summed E-state index contributed by atoms with van der Waals surface area (Å²) in [6.45, 7) is 3.19. The van der Waals surface area contributed by atoms with Crippen molar-refractivity contribution in [3.63, 3.8) is 0 Å². The van der Waals surface area contributed by atoms with Gasteiger partial charge in [0.25, 0.3) is 0 Å². The third-order valence-corrected chi connectivity index (χ3v) is 2.00. The Bertz CT molecular complexity index is 288. The SMILES string of the molecule is CCOC(=O)C(C(N)=O)C1=NCCCN1. The molecule has 0 aromatic carbocycles. The second-order valence-corrected chi connectivity index (χ2v) is 3.13. The Balaban J connectivity index is 2.77. The molecular weight excluding hydrogens is 198 g/mol. The molecule has 0 aromatic rings. The van der Waals surface area contributed by atoms with Gasteiger partial charge < -0.3 is 15.8 Å². The van der Waals surface area contributed by atoms with Gasteiger partial charge in [0.05, 0.1) is 6.61 Å². The molecule has 1 unspecified atom stereocenters. The Morgan fingerprint density at radius 1 is 1.67 bits per heavy atom. The minimum absolute atomic E-state index is 0.218. The highest BCUT2D eigenvalue weighted by molar-refractivity contribution is 6.17. The smallest absolute Gasteiger partial charge is 0.326 e. The fourth-order valence-electron chi connectivity index (χ4n) is 1.33. The minimum atomic E-state index is -1.09. The molecule has 1 amide bonds. The van der Waals surface area contributed by atoms with Crippen molar-refractivity contribution >= 4 is 17.7 Å². The Labute approximate surface area is 87.9 Å². The van der Waals surface area contributed by atoms with Crippen LogP contribution in [0.1, 0.15) is 13.3 Å². The molecule has 0 fully saturated rings. The lowest BCUT2D eigenvalue weighted by Crippen LogP contribution is -2.46. The fourth-order valence-corrected chi connectivity index (χ4v) is 1.33. The van der Waals surface area contributed by atoms with E-state index in [2.05, 4.69) is 10.3 Å². The van der Waals surface area contributed by atoms with Crippen LogP contribution in [-0.2, 0) is 14.3 Å². The number of nitrogens with two attached hydrogens (primary N) is 1. The Morgan fingerprint density at radius 3 is 2.87 bits per heavy atom. The van der Waals surface area contributed by atoms with Crippen molar-refractivity contribution in [3.8, 4) is 0 Å². The van der Waals surface area contributed by atoms with Crippen molar-refractivity contribution in [2.45, 2.75) is 13.3 Å². The number of nitrogens with zero attached hydrogens (tertiary/aromatic N) is 1. The first-order chi connectivity index (χ1) is 7.16. The number of ether oxygens (including phenoxy) is 1. The zero-order valence-electron chi connectivity index (χ0n) is 8.66. The van der Waals surface area contributed by atoms with Crippen molar-refractivity contribution in [2.24, 2.45) is 16.6 Å². The van der Waals surface area contributed by atoms with E-state index in [1.54, 1.807) is 6.92 Å². The van der Waals surface area contributed by atoms with Crippen LogP contribution in [0.5, 0.6) is 0 Å². The summed E-state index contributed by atoms with van der Waals surface area (Å²) in [6, 6.07) is 0. The zero-order valence-corrected chi connectivity index (χ0v) is 8.66. The van der Waals surface area contributed by atoms with E-state index in [-0.39, 0.29) is 6.61 Å². The molecule has 1 rings (SSSR count). The van der Waals surface area contributed by atoms with E-state index in [1.807, 2.05) is 0 Å². The van der Waals surface area contributed by atoms with Gasteiger partial charge in [0, 0.05) is 13.1 Å². The van der Waals surface area contributed by atoms with Crippen LogP contribution < -0.4 is 11.1 Å². The number of primary amides is 1. The molecule has 6 heteroatoms. The van der Waals surface area contributed by atoms with Crippen molar-refractivity contribution in [3.05, 3.63) is 0 Å². The summed E-state index contributed by atoms with van der Waals surface area (Å²) in [5, 5.41) is 2.89. The second-order valence-electron chi connectivity index (χ2n) is 3.13. The quantitative estimate of drug-likeness (QED) is 0.464. The summed E-state index contributed by atoms with van der Waals surface area (Å²) in [6.07, 6.45) is 0.887. The van der Waals surface area contributed by atoms with Gasteiger partial charge in [0.1, 0.15) is 5.84 Å². The normalized spacial score (nSPS) is 17.3. The highest BCUT2D eigenvalue weighted by atomic mass is 16.5. The molecule has 0 radical (unpaired) electrons. The summed E-state index contributed by atoms with van der Waals surface area (Å²) >= 11 is 0. The fraction of sp³-hybridized carbons (Fsp3) is 0.667. The van der Waals surface area contributed by atoms with Crippen molar-refractivity contribution in [2.75, 3.05) is 19.7 Å². The van der Waals surface area contributed by atoms with Gasteiger partial charge in [0.15, 0.2) is 5.92 Å². The molecule has 0 aromatic heterocycles. The molecule has 1 aliphatic rings. The molecule has 84 valence electrons. The lowest BCUT2D eigenvalue weighted by Gasteiger charge is -2.19. The van der Waals surface area contributed by atoms with Gasteiger partial charge in [-0.05, 0) is 13.3 Å². The summed E-state index contributed by atoms with van der Waals surface area (Å²) < 4.78 is 4.76. The van der Waals surface area contributed by atoms with Gasteiger partial charge in [-0.25, -0.2) is 0 Å². The molecular formula is C9H15N3O3. The summed E-state index contributed by atoms with van der Waals surface area (Å²) in [5.41, 5.74) is 5.14. The highest BCUT2D eigenvalue weighted by Gasteiger charge is 2.32. The van der Waals surface area contributed by atoms with Crippen LogP contribution in [0.4, 0.5) is 0 Å². The van der Waals surface area contributed by atoms with E-state index >= 15 is 0 Å². The van der Waals surface area contributed by atoms with Crippen LogP contribution in [0, 0.1) is 5.92 Å². The number of amidine groups is 1. The number of carbonyl (C=O) groups is 2. The van der Waals surface area contributed by atoms with Gasteiger partial charge in [-0.3, -0.25) is 14.6 Å². The summed E-state index contributed by atoms with van der Waals surface area (Å²) in [5.74, 6) is -2.14. The average Bonchev–Trinajstić information content (AvgIpc) is 2.19. The first-order valence-electron chi connectivity index (χ1n) is 4.91. The molecule has 0 saturated heterocycles. The summed E-state index contributed by atoms with van der Waals surface area (Å²) in [4.78, 5) is 26.6. The molecule has 0 aliphatic carbocycles.